The molecule has 0 nitrogen and oxygen atoms in total. The van der Waals surface area contributed by atoms with Gasteiger partial charge in [0.1, 0.15) is 0 Å². The minimum Gasteiger partial charge on any atom is -0.166 e. The third kappa shape index (κ3) is 2.40. The zero-order valence-electron chi connectivity index (χ0n) is 10.2. The molecule has 0 amide bonds. The molecular weight excluding hydrogens is 237 g/mol. The Labute approximate surface area is 104 Å². The second-order valence-electron chi connectivity index (χ2n) is 4.35. The van der Waals surface area contributed by atoms with Crippen LogP contribution < -0.4 is 0 Å². The Morgan fingerprint density at radius 3 is 2.00 bits per heavy atom. The first kappa shape index (κ1) is 12.7. The van der Waals surface area contributed by atoms with Gasteiger partial charge in [-0.05, 0) is 42.2 Å². The third-order valence-corrected chi connectivity index (χ3v) is 2.96. The van der Waals surface area contributed by atoms with E-state index in [1.54, 1.807) is 13.0 Å². The van der Waals surface area contributed by atoms with Crippen molar-refractivity contribution in [3.63, 3.8) is 0 Å². The highest BCUT2D eigenvalue weighted by atomic mass is 19.4. The predicted molar refractivity (Wildman–Crippen MR) is 66.4 cm³/mol. The molecule has 0 heterocycles. The SMILES string of the molecule is Cc1cc(C(F)(F)F)c(C)cc1-c1ccccc1. The standard InChI is InChI=1S/C15H13F3/c1-10-9-14(15(16,17)18)11(2)8-13(10)12-6-4-3-5-7-12/h3-9H,1-2H3. The lowest BCUT2D eigenvalue weighted by atomic mass is 9.95. The lowest BCUT2D eigenvalue weighted by molar-refractivity contribution is -0.138. The summed E-state index contributed by atoms with van der Waals surface area (Å²) in [5.74, 6) is 0. The van der Waals surface area contributed by atoms with Gasteiger partial charge in [0.05, 0.1) is 5.56 Å². The summed E-state index contributed by atoms with van der Waals surface area (Å²) >= 11 is 0. The van der Waals surface area contributed by atoms with Gasteiger partial charge in [0.25, 0.3) is 0 Å². The van der Waals surface area contributed by atoms with E-state index in [4.69, 9.17) is 0 Å². The summed E-state index contributed by atoms with van der Waals surface area (Å²) in [6.45, 7) is 3.20. The Hall–Kier alpha value is -1.77. The van der Waals surface area contributed by atoms with Crippen molar-refractivity contribution in [2.75, 3.05) is 0 Å². The lowest BCUT2D eigenvalue weighted by Gasteiger charge is -2.14. The van der Waals surface area contributed by atoms with E-state index in [1.165, 1.54) is 13.0 Å². The van der Waals surface area contributed by atoms with Crippen molar-refractivity contribution >= 4 is 0 Å². The minimum absolute atomic E-state index is 0.256. The highest BCUT2D eigenvalue weighted by Crippen LogP contribution is 2.35. The highest BCUT2D eigenvalue weighted by molar-refractivity contribution is 5.68. The molecule has 2 aromatic rings. The lowest BCUT2D eigenvalue weighted by Crippen LogP contribution is -2.08. The first-order valence-corrected chi connectivity index (χ1v) is 5.63. The summed E-state index contributed by atoms with van der Waals surface area (Å²) in [5.41, 5.74) is 2.12. The molecule has 18 heavy (non-hydrogen) atoms. The molecule has 94 valence electrons. The average molecular weight is 250 g/mol. The van der Waals surface area contributed by atoms with E-state index in [0.29, 0.717) is 5.56 Å². The van der Waals surface area contributed by atoms with E-state index in [-0.39, 0.29) is 5.56 Å². The summed E-state index contributed by atoms with van der Waals surface area (Å²) in [4.78, 5) is 0. The summed E-state index contributed by atoms with van der Waals surface area (Å²) in [6, 6.07) is 12.3. The molecule has 0 saturated heterocycles. The molecule has 2 rings (SSSR count). The van der Waals surface area contributed by atoms with E-state index < -0.39 is 11.7 Å². The van der Waals surface area contributed by atoms with Crippen molar-refractivity contribution in [3.05, 3.63) is 59.2 Å². The summed E-state index contributed by atoms with van der Waals surface area (Å²) in [7, 11) is 0. The fraction of sp³-hybridized carbons (Fsp3) is 0.200. The minimum atomic E-state index is -4.29. The summed E-state index contributed by atoms with van der Waals surface area (Å²) in [5, 5.41) is 0. The maximum absolute atomic E-state index is 12.8. The van der Waals surface area contributed by atoms with Gasteiger partial charge < -0.3 is 0 Å². The summed E-state index contributed by atoms with van der Waals surface area (Å²) in [6.07, 6.45) is -4.29. The first-order valence-electron chi connectivity index (χ1n) is 5.63. The van der Waals surface area contributed by atoms with Crippen molar-refractivity contribution in [1.29, 1.82) is 0 Å². The van der Waals surface area contributed by atoms with Gasteiger partial charge in [-0.1, -0.05) is 36.4 Å². The van der Waals surface area contributed by atoms with E-state index in [0.717, 1.165) is 11.1 Å². The average Bonchev–Trinajstić information content (AvgIpc) is 2.31. The maximum atomic E-state index is 12.8. The number of hydrogen-bond donors (Lipinski definition) is 0. The van der Waals surface area contributed by atoms with Crippen molar-refractivity contribution in [3.8, 4) is 11.1 Å². The van der Waals surface area contributed by atoms with Gasteiger partial charge in [0, 0.05) is 0 Å². The zero-order chi connectivity index (χ0) is 13.3. The van der Waals surface area contributed by atoms with Gasteiger partial charge in [-0.2, -0.15) is 13.2 Å². The van der Waals surface area contributed by atoms with E-state index in [1.807, 2.05) is 30.3 Å². The normalized spacial score (nSPS) is 11.6. The van der Waals surface area contributed by atoms with Gasteiger partial charge in [-0.15, -0.1) is 0 Å². The van der Waals surface area contributed by atoms with Gasteiger partial charge in [-0.25, -0.2) is 0 Å². The monoisotopic (exact) mass is 250 g/mol. The molecule has 0 bridgehead atoms. The van der Waals surface area contributed by atoms with E-state index in [2.05, 4.69) is 0 Å². The van der Waals surface area contributed by atoms with E-state index >= 15 is 0 Å². The molecule has 0 saturated carbocycles. The molecule has 0 aliphatic carbocycles. The number of halogens is 3. The van der Waals surface area contributed by atoms with Crippen LogP contribution in [0.4, 0.5) is 13.2 Å². The maximum Gasteiger partial charge on any atom is 0.416 e. The quantitative estimate of drug-likeness (QED) is 0.669. The number of alkyl halides is 3. The molecule has 0 spiro atoms. The van der Waals surface area contributed by atoms with Gasteiger partial charge in [-0.3, -0.25) is 0 Å². The van der Waals surface area contributed by atoms with Crippen LogP contribution in [0.2, 0.25) is 0 Å². The second kappa shape index (κ2) is 4.48. The van der Waals surface area contributed by atoms with Crippen LogP contribution in [0.15, 0.2) is 42.5 Å². The highest BCUT2D eigenvalue weighted by Gasteiger charge is 2.32. The van der Waals surface area contributed by atoms with Crippen LogP contribution in [0.5, 0.6) is 0 Å². The van der Waals surface area contributed by atoms with Crippen molar-refractivity contribution in [1.82, 2.24) is 0 Å². The fourth-order valence-electron chi connectivity index (χ4n) is 2.05. The molecule has 0 aromatic heterocycles. The smallest absolute Gasteiger partial charge is 0.166 e. The molecule has 0 aliphatic heterocycles. The zero-order valence-corrected chi connectivity index (χ0v) is 10.2. The van der Waals surface area contributed by atoms with Crippen LogP contribution in [0.25, 0.3) is 11.1 Å². The third-order valence-electron chi connectivity index (χ3n) is 2.96. The molecule has 0 atom stereocenters. The number of rotatable bonds is 1. The van der Waals surface area contributed by atoms with Gasteiger partial charge in [0.15, 0.2) is 0 Å². The van der Waals surface area contributed by atoms with Crippen LogP contribution in [-0.2, 0) is 6.18 Å². The second-order valence-corrected chi connectivity index (χ2v) is 4.35. The Morgan fingerprint density at radius 1 is 0.833 bits per heavy atom. The molecule has 0 N–H and O–H groups in total. The van der Waals surface area contributed by atoms with Crippen LogP contribution >= 0.6 is 0 Å². The van der Waals surface area contributed by atoms with Gasteiger partial charge >= 0.3 is 6.18 Å². The number of benzene rings is 2. The Balaban J connectivity index is 2.57. The van der Waals surface area contributed by atoms with Crippen LogP contribution in [0.1, 0.15) is 16.7 Å². The van der Waals surface area contributed by atoms with Crippen LogP contribution in [0, 0.1) is 13.8 Å². The molecule has 3 heteroatoms. The Kier molecular flexibility index (Phi) is 3.16. The number of hydrogen-bond acceptors (Lipinski definition) is 0. The number of aryl methyl sites for hydroxylation is 2. The van der Waals surface area contributed by atoms with Crippen LogP contribution in [0.3, 0.4) is 0 Å². The van der Waals surface area contributed by atoms with Crippen molar-refractivity contribution < 1.29 is 13.2 Å². The van der Waals surface area contributed by atoms with Crippen LogP contribution in [-0.4, -0.2) is 0 Å². The predicted octanol–water partition coefficient (Wildman–Crippen LogP) is 4.99. The Bertz CT molecular complexity index is 554. The summed E-state index contributed by atoms with van der Waals surface area (Å²) < 4.78 is 38.3. The molecule has 0 fully saturated rings. The molecular formula is C15H13F3. The van der Waals surface area contributed by atoms with Crippen molar-refractivity contribution in [2.45, 2.75) is 20.0 Å². The molecule has 2 aromatic carbocycles. The topological polar surface area (TPSA) is 0 Å². The van der Waals surface area contributed by atoms with E-state index in [9.17, 15) is 13.2 Å². The Morgan fingerprint density at radius 2 is 1.44 bits per heavy atom. The van der Waals surface area contributed by atoms with Gasteiger partial charge in [0.2, 0.25) is 0 Å². The first-order chi connectivity index (χ1) is 8.39. The molecule has 0 radical (unpaired) electrons. The molecule has 0 aliphatic rings. The fourth-order valence-corrected chi connectivity index (χ4v) is 2.05. The molecule has 0 unspecified atom stereocenters. The van der Waals surface area contributed by atoms with Crippen molar-refractivity contribution in [2.24, 2.45) is 0 Å². The largest absolute Gasteiger partial charge is 0.416 e.